The minimum atomic E-state index is -2.83. The Morgan fingerprint density at radius 3 is 2.85 bits per heavy atom. The van der Waals surface area contributed by atoms with Gasteiger partial charge in [0, 0.05) is 12.1 Å². The lowest BCUT2D eigenvalue weighted by Gasteiger charge is -2.08. The molecule has 0 aliphatic carbocycles. The Morgan fingerprint density at radius 1 is 1.40 bits per heavy atom. The predicted octanol–water partition coefficient (Wildman–Crippen LogP) is 1.77. The molecule has 20 heavy (non-hydrogen) atoms. The fraction of sp³-hybridized carbons (Fsp3) is 0.500. The molecular formula is C14H18FNO3S. The third kappa shape index (κ3) is 4.30. The van der Waals surface area contributed by atoms with Crippen molar-refractivity contribution in [3.63, 3.8) is 0 Å². The first-order valence-corrected chi connectivity index (χ1v) is 8.52. The topological polar surface area (TPSA) is 63.2 Å². The highest BCUT2D eigenvalue weighted by Crippen LogP contribution is 2.22. The van der Waals surface area contributed by atoms with Crippen molar-refractivity contribution in [3.8, 4) is 0 Å². The van der Waals surface area contributed by atoms with Gasteiger partial charge in [0.15, 0.2) is 9.84 Å². The van der Waals surface area contributed by atoms with Crippen LogP contribution in [0, 0.1) is 11.7 Å². The summed E-state index contributed by atoms with van der Waals surface area (Å²) in [5.41, 5.74) is 0.299. The summed E-state index contributed by atoms with van der Waals surface area (Å²) < 4.78 is 35.5. The number of carbonyl (C=O) groups is 1. The van der Waals surface area contributed by atoms with Crippen molar-refractivity contribution in [1.29, 1.82) is 0 Å². The highest BCUT2D eigenvalue weighted by molar-refractivity contribution is 7.91. The van der Waals surface area contributed by atoms with E-state index in [1.165, 1.54) is 18.2 Å². The Balaban J connectivity index is 1.70. The molecule has 1 atom stereocenters. The lowest BCUT2D eigenvalue weighted by Crippen LogP contribution is -2.25. The molecule has 1 aliphatic heterocycles. The van der Waals surface area contributed by atoms with Gasteiger partial charge in [0.1, 0.15) is 5.82 Å². The van der Waals surface area contributed by atoms with Gasteiger partial charge in [-0.3, -0.25) is 4.79 Å². The van der Waals surface area contributed by atoms with Gasteiger partial charge >= 0.3 is 0 Å². The number of benzene rings is 1. The summed E-state index contributed by atoms with van der Waals surface area (Å²) in [6.07, 6.45) is 2.25. The van der Waals surface area contributed by atoms with Crippen LogP contribution in [0.4, 0.5) is 4.39 Å². The zero-order chi connectivity index (χ0) is 14.6. The molecule has 1 amide bonds. The van der Waals surface area contributed by atoms with E-state index >= 15 is 0 Å². The van der Waals surface area contributed by atoms with Crippen LogP contribution < -0.4 is 5.32 Å². The van der Waals surface area contributed by atoms with Crippen LogP contribution >= 0.6 is 0 Å². The smallest absolute Gasteiger partial charge is 0.251 e. The van der Waals surface area contributed by atoms with Crippen molar-refractivity contribution in [2.75, 3.05) is 18.1 Å². The summed E-state index contributed by atoms with van der Waals surface area (Å²) >= 11 is 0. The van der Waals surface area contributed by atoms with E-state index in [1.54, 1.807) is 6.07 Å². The molecule has 0 radical (unpaired) electrons. The van der Waals surface area contributed by atoms with E-state index in [2.05, 4.69) is 5.32 Å². The monoisotopic (exact) mass is 299 g/mol. The molecule has 0 saturated carbocycles. The van der Waals surface area contributed by atoms with Gasteiger partial charge in [-0.15, -0.1) is 0 Å². The fourth-order valence-electron chi connectivity index (χ4n) is 2.42. The number of carbonyl (C=O) groups excluding carboxylic acids is 1. The van der Waals surface area contributed by atoms with Crippen molar-refractivity contribution >= 4 is 15.7 Å². The van der Waals surface area contributed by atoms with Crippen molar-refractivity contribution in [3.05, 3.63) is 35.6 Å². The highest BCUT2D eigenvalue weighted by atomic mass is 32.2. The second-order valence-corrected chi connectivity index (χ2v) is 7.41. The number of sulfone groups is 1. The largest absolute Gasteiger partial charge is 0.352 e. The normalized spacial score (nSPS) is 20.8. The van der Waals surface area contributed by atoms with Gasteiger partial charge in [0.2, 0.25) is 0 Å². The maximum atomic E-state index is 13.0. The van der Waals surface area contributed by atoms with Gasteiger partial charge in [-0.1, -0.05) is 6.07 Å². The van der Waals surface area contributed by atoms with E-state index in [0.29, 0.717) is 12.1 Å². The zero-order valence-corrected chi connectivity index (χ0v) is 12.0. The molecule has 110 valence electrons. The van der Waals surface area contributed by atoms with Gasteiger partial charge in [0.05, 0.1) is 11.5 Å². The number of hydrogen-bond donors (Lipinski definition) is 1. The average molecular weight is 299 g/mol. The first-order chi connectivity index (χ1) is 9.46. The van der Waals surface area contributed by atoms with E-state index in [0.717, 1.165) is 19.3 Å². The molecule has 1 aromatic rings. The number of rotatable bonds is 5. The molecule has 1 heterocycles. The molecule has 1 N–H and O–H groups in total. The quantitative estimate of drug-likeness (QED) is 0.843. The first kappa shape index (κ1) is 15.0. The number of hydrogen-bond acceptors (Lipinski definition) is 3. The summed E-state index contributed by atoms with van der Waals surface area (Å²) in [6, 6.07) is 5.53. The molecule has 0 bridgehead atoms. The van der Waals surface area contributed by atoms with Crippen molar-refractivity contribution < 1.29 is 17.6 Å². The van der Waals surface area contributed by atoms with Crippen LogP contribution in [0.5, 0.6) is 0 Å². The van der Waals surface area contributed by atoms with Crippen LogP contribution in [-0.2, 0) is 9.84 Å². The SMILES string of the molecule is O=C(NCCCC1CCS(=O)(=O)C1)c1cccc(F)c1. The standard InChI is InChI=1S/C14H18FNO3S/c15-13-5-1-4-12(9-13)14(17)16-7-2-3-11-6-8-20(18,19)10-11/h1,4-5,9,11H,2-3,6-8,10H2,(H,16,17). The van der Waals surface area contributed by atoms with Crippen molar-refractivity contribution in [2.45, 2.75) is 19.3 Å². The van der Waals surface area contributed by atoms with E-state index < -0.39 is 15.7 Å². The summed E-state index contributed by atoms with van der Waals surface area (Å²) in [7, 11) is -2.83. The second kappa shape index (κ2) is 6.35. The molecule has 0 spiro atoms. The van der Waals surface area contributed by atoms with Crippen LogP contribution in [-0.4, -0.2) is 32.4 Å². The average Bonchev–Trinajstić information content (AvgIpc) is 2.74. The molecule has 1 saturated heterocycles. The third-order valence-electron chi connectivity index (χ3n) is 3.49. The molecule has 4 nitrogen and oxygen atoms in total. The molecule has 6 heteroatoms. The van der Waals surface area contributed by atoms with Gasteiger partial charge in [0.25, 0.3) is 5.91 Å². The second-order valence-electron chi connectivity index (χ2n) is 5.18. The maximum Gasteiger partial charge on any atom is 0.251 e. The van der Waals surface area contributed by atoms with E-state index in [9.17, 15) is 17.6 Å². The molecule has 1 aliphatic rings. The van der Waals surface area contributed by atoms with E-state index in [-0.39, 0.29) is 23.3 Å². The Bertz CT molecular complexity index is 586. The van der Waals surface area contributed by atoms with Crippen LogP contribution in [0.2, 0.25) is 0 Å². The van der Waals surface area contributed by atoms with Gasteiger partial charge in [-0.2, -0.15) is 0 Å². The molecule has 1 aromatic carbocycles. The van der Waals surface area contributed by atoms with Crippen LogP contribution in [0.3, 0.4) is 0 Å². The molecule has 1 unspecified atom stereocenters. The van der Waals surface area contributed by atoms with Crippen LogP contribution in [0.25, 0.3) is 0 Å². The number of halogens is 1. The van der Waals surface area contributed by atoms with Gasteiger partial charge < -0.3 is 5.32 Å². The van der Waals surface area contributed by atoms with E-state index in [4.69, 9.17) is 0 Å². The Morgan fingerprint density at radius 2 is 2.20 bits per heavy atom. The van der Waals surface area contributed by atoms with Crippen LogP contribution in [0.1, 0.15) is 29.6 Å². The lowest BCUT2D eigenvalue weighted by atomic mass is 10.0. The minimum Gasteiger partial charge on any atom is -0.352 e. The molecular weight excluding hydrogens is 281 g/mol. The van der Waals surface area contributed by atoms with E-state index in [1.807, 2.05) is 0 Å². The Hall–Kier alpha value is -1.43. The molecule has 2 rings (SSSR count). The zero-order valence-electron chi connectivity index (χ0n) is 11.1. The van der Waals surface area contributed by atoms with Crippen molar-refractivity contribution in [1.82, 2.24) is 5.32 Å². The third-order valence-corrected chi connectivity index (χ3v) is 5.33. The van der Waals surface area contributed by atoms with Crippen LogP contribution in [0.15, 0.2) is 24.3 Å². The van der Waals surface area contributed by atoms with Gasteiger partial charge in [-0.25, -0.2) is 12.8 Å². The Kier molecular flexibility index (Phi) is 4.75. The Labute approximate surface area is 118 Å². The summed E-state index contributed by atoms with van der Waals surface area (Å²) in [5, 5.41) is 2.72. The number of amides is 1. The highest BCUT2D eigenvalue weighted by Gasteiger charge is 2.27. The van der Waals surface area contributed by atoms with Crippen molar-refractivity contribution in [2.24, 2.45) is 5.92 Å². The minimum absolute atomic E-state index is 0.214. The summed E-state index contributed by atoms with van der Waals surface area (Å²) in [6.45, 7) is 0.478. The fourth-order valence-corrected chi connectivity index (χ4v) is 4.33. The predicted molar refractivity (Wildman–Crippen MR) is 74.7 cm³/mol. The first-order valence-electron chi connectivity index (χ1n) is 6.70. The maximum absolute atomic E-state index is 13.0. The molecule has 1 fully saturated rings. The number of nitrogens with one attached hydrogen (secondary N) is 1. The lowest BCUT2D eigenvalue weighted by molar-refractivity contribution is 0.0952. The summed E-state index contributed by atoms with van der Waals surface area (Å²) in [4.78, 5) is 11.7. The molecule has 0 aromatic heterocycles. The van der Waals surface area contributed by atoms with Gasteiger partial charge in [-0.05, 0) is 43.4 Å². The summed E-state index contributed by atoms with van der Waals surface area (Å²) in [5.74, 6) is 0.0291.